The highest BCUT2D eigenvalue weighted by Gasteiger charge is 2.44. The van der Waals surface area contributed by atoms with Crippen molar-refractivity contribution in [2.24, 2.45) is 20.7 Å². The Balaban J connectivity index is 1.68. The summed E-state index contributed by atoms with van der Waals surface area (Å²) >= 11 is 0. The minimum Gasteiger partial charge on any atom is -0.478 e. The van der Waals surface area contributed by atoms with Crippen molar-refractivity contribution in [1.29, 1.82) is 0 Å². The third-order valence-corrected chi connectivity index (χ3v) is 6.64. The van der Waals surface area contributed by atoms with Crippen LogP contribution in [-0.2, 0) is 4.79 Å². The molecule has 1 unspecified atom stereocenters. The number of hydrogen-bond acceptors (Lipinski definition) is 4. The Hall–Kier alpha value is -4.07. The summed E-state index contributed by atoms with van der Waals surface area (Å²) < 4.78 is 0. The number of benzene rings is 1. The molecular weight excluding hydrogens is 466 g/mol. The second kappa shape index (κ2) is 10.9. The van der Waals surface area contributed by atoms with Crippen LogP contribution in [0.25, 0.3) is 0 Å². The normalized spacial score (nSPS) is 22.3. The van der Waals surface area contributed by atoms with Crippen molar-refractivity contribution in [3.8, 4) is 0 Å². The molecule has 1 aromatic rings. The van der Waals surface area contributed by atoms with Crippen LogP contribution >= 0.6 is 0 Å². The number of aromatic carboxylic acids is 1. The van der Waals surface area contributed by atoms with Gasteiger partial charge in [-0.25, -0.2) is 19.8 Å². The van der Waals surface area contributed by atoms with Gasteiger partial charge in [0.2, 0.25) is 5.96 Å². The molecule has 3 aliphatic rings. The minimum atomic E-state index is -0.989. The smallest absolute Gasteiger partial charge is 0.335 e. The summed E-state index contributed by atoms with van der Waals surface area (Å²) in [5.74, 6) is -0.858. The summed E-state index contributed by atoms with van der Waals surface area (Å²) in [6.07, 6.45) is 13.6. The number of hydrogen-bond donors (Lipinski definition) is 3. The van der Waals surface area contributed by atoms with Crippen LogP contribution in [0.2, 0.25) is 0 Å². The number of carboxylic acid groups (broad SMARTS) is 1. The fourth-order valence-electron chi connectivity index (χ4n) is 4.91. The van der Waals surface area contributed by atoms with E-state index in [1.165, 1.54) is 17.7 Å². The van der Waals surface area contributed by atoms with Crippen molar-refractivity contribution in [1.82, 2.24) is 5.32 Å². The molecule has 4 N–H and O–H groups in total. The number of aliphatic imine (C=N–C) groups is 3. The van der Waals surface area contributed by atoms with Crippen molar-refractivity contribution < 1.29 is 14.7 Å². The van der Waals surface area contributed by atoms with E-state index in [1.54, 1.807) is 18.3 Å². The fourth-order valence-corrected chi connectivity index (χ4v) is 4.91. The Kier molecular flexibility index (Phi) is 7.66. The monoisotopic (exact) mass is 499 g/mol. The largest absolute Gasteiger partial charge is 0.478 e. The molecule has 0 bridgehead atoms. The summed E-state index contributed by atoms with van der Waals surface area (Å²) in [7, 11) is 0. The summed E-state index contributed by atoms with van der Waals surface area (Å²) in [6, 6.07) is 6.49. The predicted molar refractivity (Wildman–Crippen MR) is 148 cm³/mol. The maximum absolute atomic E-state index is 13.4. The van der Waals surface area contributed by atoms with E-state index >= 15 is 0 Å². The highest BCUT2D eigenvalue weighted by atomic mass is 16.4. The molecule has 1 aliphatic heterocycles. The lowest BCUT2D eigenvalue weighted by Crippen LogP contribution is -2.43. The first kappa shape index (κ1) is 26.0. The van der Waals surface area contributed by atoms with Crippen LogP contribution < -0.4 is 11.1 Å². The maximum atomic E-state index is 13.4. The van der Waals surface area contributed by atoms with Gasteiger partial charge in [0.1, 0.15) is 0 Å². The number of carboxylic acids is 1. The van der Waals surface area contributed by atoms with Crippen LogP contribution in [0.4, 0.5) is 5.69 Å². The summed E-state index contributed by atoms with van der Waals surface area (Å²) in [5, 5.41) is 12.4. The van der Waals surface area contributed by atoms with E-state index in [-0.39, 0.29) is 23.5 Å². The SMILES string of the molecule is CC(C)N=C(N)N=CCC1=CCC2=C(C(=Nc3ccc(C(=O)O)cc3)C3=CC=CCC3)C(=O)NC2(C)C1. The van der Waals surface area contributed by atoms with E-state index in [0.717, 1.165) is 24.0 Å². The van der Waals surface area contributed by atoms with Gasteiger partial charge in [-0.1, -0.05) is 29.9 Å². The Morgan fingerprint density at radius 1 is 1.27 bits per heavy atom. The summed E-state index contributed by atoms with van der Waals surface area (Å²) in [5.41, 5.74) is 10.6. The van der Waals surface area contributed by atoms with E-state index in [4.69, 9.17) is 10.7 Å². The Morgan fingerprint density at radius 2 is 2.03 bits per heavy atom. The number of guanidine groups is 1. The Morgan fingerprint density at radius 3 is 2.68 bits per heavy atom. The van der Waals surface area contributed by atoms with Gasteiger partial charge in [-0.15, -0.1) is 0 Å². The van der Waals surface area contributed by atoms with E-state index < -0.39 is 11.5 Å². The molecule has 1 atom stereocenters. The average molecular weight is 500 g/mol. The zero-order valence-corrected chi connectivity index (χ0v) is 21.5. The third kappa shape index (κ3) is 6.02. The number of fused-ring (bicyclic) bond motifs is 1. The Bertz CT molecular complexity index is 1310. The van der Waals surface area contributed by atoms with Gasteiger partial charge in [0.25, 0.3) is 5.91 Å². The summed E-state index contributed by atoms with van der Waals surface area (Å²) in [4.78, 5) is 38.0. The topological polar surface area (TPSA) is 130 Å². The van der Waals surface area contributed by atoms with Crippen molar-refractivity contribution >= 4 is 35.4 Å². The first-order valence-electron chi connectivity index (χ1n) is 12.5. The molecule has 1 amide bonds. The van der Waals surface area contributed by atoms with Crippen molar-refractivity contribution in [3.63, 3.8) is 0 Å². The number of rotatable bonds is 7. The predicted octanol–water partition coefficient (Wildman–Crippen LogP) is 4.82. The van der Waals surface area contributed by atoms with Gasteiger partial charge in [-0.05, 0) is 81.9 Å². The fraction of sp³-hybridized carbons (Fsp3) is 0.345. The minimum absolute atomic E-state index is 0.0884. The standard InChI is InChI=1S/C29H33N5O3/c1-18(2)32-28(30)31-16-15-19-9-14-23-24(26(35)34-29(23,3)17-19)25(20-7-5-4-6-8-20)33-22-12-10-21(11-13-22)27(36)37/h4-5,7,9-13,16,18H,6,8,14-15,17H2,1-3H3,(H2,30,32)(H,34,35)(H,36,37). The number of nitrogens with two attached hydrogens (primary N) is 1. The van der Waals surface area contributed by atoms with Gasteiger partial charge in [0, 0.05) is 18.7 Å². The van der Waals surface area contributed by atoms with E-state index in [2.05, 4.69) is 34.4 Å². The average Bonchev–Trinajstić information content (AvgIpc) is 3.11. The molecule has 2 aliphatic carbocycles. The van der Waals surface area contributed by atoms with Gasteiger partial charge in [-0.3, -0.25) is 4.79 Å². The van der Waals surface area contributed by atoms with Crippen molar-refractivity contribution in [2.75, 3.05) is 0 Å². The van der Waals surface area contributed by atoms with Crippen LogP contribution in [-0.4, -0.2) is 46.4 Å². The van der Waals surface area contributed by atoms with Crippen LogP contribution in [0.5, 0.6) is 0 Å². The highest BCUT2D eigenvalue weighted by molar-refractivity contribution is 6.30. The number of carbonyl (C=O) groups excluding carboxylic acids is 1. The molecule has 1 heterocycles. The highest BCUT2D eigenvalue weighted by Crippen LogP contribution is 2.41. The van der Waals surface area contributed by atoms with Crippen LogP contribution in [0.3, 0.4) is 0 Å². The molecular formula is C29H33N5O3. The first-order chi connectivity index (χ1) is 17.7. The second-order valence-electron chi connectivity index (χ2n) is 9.95. The van der Waals surface area contributed by atoms with E-state index in [0.29, 0.717) is 36.2 Å². The lowest BCUT2D eigenvalue weighted by atomic mass is 9.77. The van der Waals surface area contributed by atoms with Gasteiger partial charge in [0.05, 0.1) is 28.1 Å². The lowest BCUT2D eigenvalue weighted by molar-refractivity contribution is -0.117. The molecule has 0 spiro atoms. The molecule has 8 nitrogen and oxygen atoms in total. The molecule has 0 aromatic heterocycles. The van der Waals surface area contributed by atoms with Gasteiger partial charge >= 0.3 is 5.97 Å². The van der Waals surface area contributed by atoms with Crippen LogP contribution in [0, 0.1) is 0 Å². The molecule has 0 saturated carbocycles. The number of nitrogens with one attached hydrogen (secondary N) is 1. The van der Waals surface area contributed by atoms with Gasteiger partial charge in [-0.2, -0.15) is 0 Å². The molecule has 192 valence electrons. The number of amides is 1. The zero-order valence-electron chi connectivity index (χ0n) is 21.5. The second-order valence-corrected chi connectivity index (χ2v) is 9.95. The third-order valence-electron chi connectivity index (χ3n) is 6.64. The molecule has 0 radical (unpaired) electrons. The van der Waals surface area contributed by atoms with E-state index in [1.807, 2.05) is 26.0 Å². The Labute approximate surface area is 217 Å². The van der Waals surface area contributed by atoms with Gasteiger partial charge in [0.15, 0.2) is 0 Å². The van der Waals surface area contributed by atoms with E-state index in [9.17, 15) is 14.7 Å². The molecule has 0 fully saturated rings. The molecule has 0 saturated heterocycles. The molecule has 1 aromatic carbocycles. The van der Waals surface area contributed by atoms with Gasteiger partial charge < -0.3 is 16.2 Å². The number of nitrogens with zero attached hydrogens (tertiary/aromatic N) is 3. The quantitative estimate of drug-likeness (QED) is 0.282. The molecule has 8 heteroatoms. The lowest BCUT2D eigenvalue weighted by Gasteiger charge is -2.32. The van der Waals surface area contributed by atoms with Crippen molar-refractivity contribution in [2.45, 2.75) is 64.5 Å². The van der Waals surface area contributed by atoms with Crippen LogP contribution in [0.1, 0.15) is 63.2 Å². The molecule has 37 heavy (non-hydrogen) atoms. The first-order valence-corrected chi connectivity index (χ1v) is 12.5. The maximum Gasteiger partial charge on any atom is 0.335 e. The molecule has 4 rings (SSSR count). The summed E-state index contributed by atoms with van der Waals surface area (Å²) in [6.45, 7) is 5.95. The number of carbonyl (C=O) groups is 2. The number of allylic oxidation sites excluding steroid dienone is 5. The van der Waals surface area contributed by atoms with Crippen molar-refractivity contribution in [3.05, 3.63) is 76.4 Å². The van der Waals surface area contributed by atoms with Crippen LogP contribution in [0.15, 0.2) is 85.8 Å². The zero-order chi connectivity index (χ0) is 26.6.